The molecule has 0 radical (unpaired) electrons. The first-order valence-electron chi connectivity index (χ1n) is 6.36. The summed E-state index contributed by atoms with van der Waals surface area (Å²) in [7, 11) is 0. The number of carbonyl (C=O) groups excluding carboxylic acids is 1. The molecule has 1 N–H and O–H groups in total. The van der Waals surface area contributed by atoms with Gasteiger partial charge in [0.25, 0.3) is 0 Å². The second-order valence-electron chi connectivity index (χ2n) is 4.65. The molecule has 0 aromatic carbocycles. The van der Waals surface area contributed by atoms with E-state index in [0.29, 0.717) is 6.54 Å². The van der Waals surface area contributed by atoms with E-state index in [1.165, 1.54) is 11.0 Å². The van der Waals surface area contributed by atoms with Crippen molar-refractivity contribution in [2.24, 2.45) is 0 Å². The molecule has 0 atom stereocenters. The summed E-state index contributed by atoms with van der Waals surface area (Å²) in [5.41, 5.74) is 0. The third-order valence-corrected chi connectivity index (χ3v) is 3.58. The van der Waals surface area contributed by atoms with Crippen LogP contribution in [0.5, 0.6) is 0 Å². The zero-order chi connectivity index (χ0) is 15.1. The Labute approximate surface area is 123 Å². The first-order valence-corrected chi connectivity index (χ1v) is 7.24. The molecule has 1 aromatic heterocycles. The van der Waals surface area contributed by atoms with E-state index in [9.17, 15) is 9.59 Å². The van der Waals surface area contributed by atoms with Gasteiger partial charge in [-0.05, 0) is 25.3 Å². The fraction of sp³-hybridized carbons (Fsp3) is 0.429. The highest BCUT2D eigenvalue weighted by Crippen LogP contribution is 2.15. The first kappa shape index (κ1) is 16.2. The molecule has 0 aliphatic heterocycles. The van der Waals surface area contributed by atoms with Gasteiger partial charge < -0.3 is 14.9 Å². The van der Waals surface area contributed by atoms with Crippen molar-refractivity contribution in [3.63, 3.8) is 0 Å². The van der Waals surface area contributed by atoms with Crippen LogP contribution in [0.15, 0.2) is 30.2 Å². The van der Waals surface area contributed by atoms with Crippen LogP contribution in [0.1, 0.15) is 18.7 Å². The van der Waals surface area contributed by atoms with Crippen molar-refractivity contribution in [1.82, 2.24) is 9.80 Å². The number of amides is 2. The minimum absolute atomic E-state index is 0.00860. The van der Waals surface area contributed by atoms with Gasteiger partial charge in [0.2, 0.25) is 0 Å². The quantitative estimate of drug-likeness (QED) is 0.787. The molecule has 6 heteroatoms. The number of thiophene rings is 1. The predicted octanol–water partition coefficient (Wildman–Crippen LogP) is 2.65. The molecule has 1 rings (SSSR count). The summed E-state index contributed by atoms with van der Waals surface area (Å²) in [5, 5.41) is 10.8. The summed E-state index contributed by atoms with van der Waals surface area (Å²) in [5.74, 6) is -1.03. The zero-order valence-corrected chi connectivity index (χ0v) is 12.6. The molecule has 0 aliphatic carbocycles. The number of carbonyl (C=O) groups is 2. The molecular weight excluding hydrogens is 276 g/mol. The molecule has 0 saturated carbocycles. The molecule has 5 nitrogen and oxygen atoms in total. The average Bonchev–Trinajstić information content (AvgIpc) is 2.86. The summed E-state index contributed by atoms with van der Waals surface area (Å²) < 4.78 is 0. The van der Waals surface area contributed by atoms with Gasteiger partial charge in [-0.25, -0.2) is 4.79 Å². The van der Waals surface area contributed by atoms with E-state index < -0.39 is 5.97 Å². The van der Waals surface area contributed by atoms with Crippen LogP contribution in [0.2, 0.25) is 0 Å². The molecule has 1 heterocycles. The number of nitrogens with zero attached hydrogens (tertiary/aromatic N) is 2. The maximum Gasteiger partial charge on any atom is 0.323 e. The number of carboxylic acid groups (broad SMARTS) is 1. The van der Waals surface area contributed by atoms with Gasteiger partial charge >= 0.3 is 12.0 Å². The predicted molar refractivity (Wildman–Crippen MR) is 79.8 cm³/mol. The SMILES string of the molecule is C=CCN(CC(=O)O)C(=O)N(Cc1cccs1)C(C)C. The zero-order valence-electron chi connectivity index (χ0n) is 11.8. The molecule has 0 fully saturated rings. The Hall–Kier alpha value is -1.82. The van der Waals surface area contributed by atoms with Crippen molar-refractivity contribution >= 4 is 23.3 Å². The molecule has 0 spiro atoms. The number of aliphatic carboxylic acids is 1. The minimum atomic E-state index is -1.03. The summed E-state index contributed by atoms with van der Waals surface area (Å²) >= 11 is 1.58. The number of hydrogen-bond donors (Lipinski definition) is 1. The highest BCUT2D eigenvalue weighted by Gasteiger charge is 2.24. The van der Waals surface area contributed by atoms with Crippen LogP contribution in [0.25, 0.3) is 0 Å². The van der Waals surface area contributed by atoms with Crippen LogP contribution in [-0.2, 0) is 11.3 Å². The van der Waals surface area contributed by atoms with Crippen molar-refractivity contribution in [3.05, 3.63) is 35.0 Å². The van der Waals surface area contributed by atoms with Crippen molar-refractivity contribution < 1.29 is 14.7 Å². The number of carboxylic acids is 1. The third kappa shape index (κ3) is 4.70. The molecule has 2 amide bonds. The van der Waals surface area contributed by atoms with E-state index in [0.717, 1.165) is 4.88 Å². The lowest BCUT2D eigenvalue weighted by molar-refractivity contribution is -0.137. The number of rotatable bonds is 7. The van der Waals surface area contributed by atoms with E-state index in [-0.39, 0.29) is 25.2 Å². The Morgan fingerprint density at radius 2 is 2.20 bits per heavy atom. The normalized spacial score (nSPS) is 10.3. The molecule has 0 bridgehead atoms. The van der Waals surface area contributed by atoms with Gasteiger partial charge in [0.1, 0.15) is 6.54 Å². The lowest BCUT2D eigenvalue weighted by Crippen LogP contribution is -2.47. The van der Waals surface area contributed by atoms with Crippen LogP contribution in [-0.4, -0.2) is 46.0 Å². The summed E-state index contributed by atoms with van der Waals surface area (Å²) in [4.78, 5) is 27.4. The molecule has 110 valence electrons. The van der Waals surface area contributed by atoms with Crippen LogP contribution >= 0.6 is 11.3 Å². The Morgan fingerprint density at radius 3 is 2.65 bits per heavy atom. The van der Waals surface area contributed by atoms with Gasteiger partial charge in [0.05, 0.1) is 6.54 Å². The lowest BCUT2D eigenvalue weighted by Gasteiger charge is -2.31. The topological polar surface area (TPSA) is 60.9 Å². The molecule has 20 heavy (non-hydrogen) atoms. The van der Waals surface area contributed by atoms with Crippen molar-refractivity contribution in [2.75, 3.05) is 13.1 Å². The molecule has 0 saturated heterocycles. The highest BCUT2D eigenvalue weighted by atomic mass is 32.1. The van der Waals surface area contributed by atoms with Gasteiger partial charge in [0.15, 0.2) is 0 Å². The Kier molecular flexibility index (Phi) is 6.24. The Bertz CT molecular complexity index is 457. The fourth-order valence-electron chi connectivity index (χ4n) is 1.75. The van der Waals surface area contributed by atoms with E-state index in [4.69, 9.17) is 5.11 Å². The van der Waals surface area contributed by atoms with Crippen molar-refractivity contribution in [3.8, 4) is 0 Å². The van der Waals surface area contributed by atoms with Gasteiger partial charge in [-0.15, -0.1) is 17.9 Å². The summed E-state index contributed by atoms with van der Waals surface area (Å²) in [6, 6.07) is 3.60. The monoisotopic (exact) mass is 296 g/mol. The molecule has 0 aliphatic rings. The Balaban J connectivity index is 2.84. The van der Waals surface area contributed by atoms with E-state index >= 15 is 0 Å². The lowest BCUT2D eigenvalue weighted by atomic mass is 10.3. The van der Waals surface area contributed by atoms with Gasteiger partial charge in [-0.3, -0.25) is 4.79 Å². The smallest absolute Gasteiger partial charge is 0.323 e. The highest BCUT2D eigenvalue weighted by molar-refractivity contribution is 7.09. The van der Waals surface area contributed by atoms with E-state index in [1.54, 1.807) is 16.2 Å². The van der Waals surface area contributed by atoms with Crippen LogP contribution in [0.4, 0.5) is 4.79 Å². The van der Waals surface area contributed by atoms with Crippen LogP contribution in [0.3, 0.4) is 0 Å². The number of urea groups is 1. The Morgan fingerprint density at radius 1 is 1.50 bits per heavy atom. The van der Waals surface area contributed by atoms with Gasteiger partial charge in [-0.2, -0.15) is 0 Å². The fourth-order valence-corrected chi connectivity index (χ4v) is 2.46. The van der Waals surface area contributed by atoms with Crippen molar-refractivity contribution in [2.45, 2.75) is 26.4 Å². The molecule has 0 unspecified atom stereocenters. The van der Waals surface area contributed by atoms with Gasteiger partial charge in [0, 0.05) is 17.5 Å². The molecule has 1 aromatic rings. The van der Waals surface area contributed by atoms with Gasteiger partial charge in [-0.1, -0.05) is 12.1 Å². The molecular formula is C14H20N2O3S. The summed E-state index contributed by atoms with van der Waals surface area (Å²) in [6.45, 7) is 7.78. The maximum absolute atomic E-state index is 12.5. The second-order valence-corrected chi connectivity index (χ2v) is 5.68. The second kappa shape index (κ2) is 7.69. The standard InChI is InChI=1S/C14H20N2O3S/c1-4-7-15(10-13(17)18)14(19)16(11(2)3)9-12-6-5-8-20-12/h4-6,8,11H,1,7,9-10H2,2-3H3,(H,17,18). The van der Waals surface area contributed by atoms with Crippen molar-refractivity contribution in [1.29, 1.82) is 0 Å². The number of hydrogen-bond acceptors (Lipinski definition) is 3. The minimum Gasteiger partial charge on any atom is -0.480 e. The summed E-state index contributed by atoms with van der Waals surface area (Å²) in [6.07, 6.45) is 1.53. The largest absolute Gasteiger partial charge is 0.480 e. The maximum atomic E-state index is 12.5. The van der Waals surface area contributed by atoms with E-state index in [2.05, 4.69) is 6.58 Å². The van der Waals surface area contributed by atoms with Crippen LogP contribution < -0.4 is 0 Å². The first-order chi connectivity index (χ1) is 9.45. The average molecular weight is 296 g/mol. The third-order valence-electron chi connectivity index (χ3n) is 2.72. The van der Waals surface area contributed by atoms with Crippen LogP contribution in [0, 0.1) is 0 Å². The van der Waals surface area contributed by atoms with E-state index in [1.807, 2.05) is 31.4 Å².